The second-order valence-electron chi connectivity index (χ2n) is 5.49. The van der Waals surface area contributed by atoms with Crippen LogP contribution in [0.25, 0.3) is 0 Å². The molecular weight excluding hydrogens is 333 g/mol. The topological polar surface area (TPSA) is 66.5 Å². The predicted octanol–water partition coefficient (Wildman–Crippen LogP) is 2.32. The zero-order valence-electron chi connectivity index (χ0n) is 12.4. The Morgan fingerprint density at radius 1 is 1.30 bits per heavy atom. The Balaban J connectivity index is 2.14. The molecule has 1 N–H and O–H groups in total. The van der Waals surface area contributed by atoms with Gasteiger partial charge in [-0.15, -0.1) is 0 Å². The summed E-state index contributed by atoms with van der Waals surface area (Å²) in [5.41, 5.74) is -1.24. The van der Waals surface area contributed by atoms with E-state index in [1.54, 1.807) is 0 Å². The number of halogens is 3. The number of nitrogens with zero attached hydrogens (tertiary/aromatic N) is 1. The van der Waals surface area contributed by atoms with Gasteiger partial charge in [0, 0.05) is 13.1 Å². The summed E-state index contributed by atoms with van der Waals surface area (Å²) in [5, 5.41) is 2.28. The Morgan fingerprint density at radius 3 is 2.57 bits per heavy atom. The minimum Gasteiger partial charge on any atom is -0.325 e. The molecule has 23 heavy (non-hydrogen) atoms. The molecule has 0 spiro atoms. The second-order valence-corrected chi connectivity index (χ2v) is 7.48. The Bertz CT molecular complexity index is 689. The van der Waals surface area contributed by atoms with Crippen LogP contribution in [0.1, 0.15) is 18.4 Å². The van der Waals surface area contributed by atoms with E-state index < -0.39 is 33.6 Å². The second kappa shape index (κ2) is 6.48. The molecule has 0 radical (unpaired) electrons. The third-order valence-corrected chi connectivity index (χ3v) is 4.98. The number of sulfonamides is 1. The molecule has 1 amide bonds. The van der Waals surface area contributed by atoms with Gasteiger partial charge in [0.15, 0.2) is 0 Å². The highest BCUT2D eigenvalue weighted by molar-refractivity contribution is 7.88. The van der Waals surface area contributed by atoms with Crippen LogP contribution < -0.4 is 5.32 Å². The first-order valence-electron chi connectivity index (χ1n) is 7.01. The lowest BCUT2D eigenvalue weighted by molar-refractivity contribution is -0.137. The van der Waals surface area contributed by atoms with E-state index in [0.717, 1.165) is 12.3 Å². The van der Waals surface area contributed by atoms with E-state index >= 15 is 0 Å². The number of hydrogen-bond donors (Lipinski definition) is 1. The van der Waals surface area contributed by atoms with Crippen molar-refractivity contribution < 1.29 is 26.4 Å². The number of alkyl halides is 3. The number of carbonyl (C=O) groups excluding carboxylic acids is 1. The first-order chi connectivity index (χ1) is 10.6. The van der Waals surface area contributed by atoms with Gasteiger partial charge in [-0.2, -0.15) is 13.2 Å². The van der Waals surface area contributed by atoms with Crippen LogP contribution in [-0.2, 0) is 21.0 Å². The molecule has 9 heteroatoms. The van der Waals surface area contributed by atoms with Crippen molar-refractivity contribution in [1.29, 1.82) is 0 Å². The monoisotopic (exact) mass is 350 g/mol. The number of piperidine rings is 1. The number of amides is 1. The molecule has 0 saturated carbocycles. The molecule has 5 nitrogen and oxygen atoms in total. The van der Waals surface area contributed by atoms with Gasteiger partial charge in [0.1, 0.15) is 0 Å². The summed E-state index contributed by atoms with van der Waals surface area (Å²) in [6, 6.07) is 4.70. The maximum absolute atomic E-state index is 12.9. The van der Waals surface area contributed by atoms with Crippen LogP contribution in [0, 0.1) is 5.92 Å². The summed E-state index contributed by atoms with van der Waals surface area (Å²) in [6.45, 7) is 0.306. The highest BCUT2D eigenvalue weighted by Crippen LogP contribution is 2.35. The number of anilines is 1. The fourth-order valence-corrected chi connectivity index (χ4v) is 3.44. The number of para-hydroxylation sites is 1. The molecular formula is C14H17F3N2O3S. The standard InChI is InChI=1S/C14H17F3N2O3S/c1-23(21,22)19-8-4-5-10(9-19)13(20)18-12-7-3-2-6-11(12)14(15,16)17/h2-3,6-7,10H,4-5,8-9H2,1H3,(H,18,20)/t10-/m0/s1. The van der Waals surface area contributed by atoms with E-state index in [0.29, 0.717) is 19.4 Å². The van der Waals surface area contributed by atoms with E-state index in [-0.39, 0.29) is 12.2 Å². The van der Waals surface area contributed by atoms with Gasteiger partial charge in [0.2, 0.25) is 15.9 Å². The number of rotatable bonds is 3. The highest BCUT2D eigenvalue weighted by Gasteiger charge is 2.35. The van der Waals surface area contributed by atoms with Gasteiger partial charge < -0.3 is 5.32 Å². The fourth-order valence-electron chi connectivity index (χ4n) is 2.53. The molecule has 1 aliphatic heterocycles. The van der Waals surface area contributed by atoms with Gasteiger partial charge in [0.05, 0.1) is 23.4 Å². The van der Waals surface area contributed by atoms with E-state index in [1.165, 1.54) is 22.5 Å². The van der Waals surface area contributed by atoms with Crippen LogP contribution >= 0.6 is 0 Å². The Labute approximate surface area is 132 Å². The Morgan fingerprint density at radius 2 is 1.96 bits per heavy atom. The third kappa shape index (κ3) is 4.44. The van der Waals surface area contributed by atoms with Crippen LogP contribution in [0.4, 0.5) is 18.9 Å². The summed E-state index contributed by atoms with van der Waals surface area (Å²) < 4.78 is 63.0. The van der Waals surface area contributed by atoms with Crippen molar-refractivity contribution in [2.75, 3.05) is 24.7 Å². The maximum atomic E-state index is 12.9. The molecule has 128 valence electrons. The lowest BCUT2D eigenvalue weighted by Gasteiger charge is -2.30. The van der Waals surface area contributed by atoms with Crippen molar-refractivity contribution in [2.45, 2.75) is 19.0 Å². The van der Waals surface area contributed by atoms with E-state index in [4.69, 9.17) is 0 Å². The van der Waals surface area contributed by atoms with Crippen LogP contribution in [0.15, 0.2) is 24.3 Å². The molecule has 0 aromatic heterocycles. The SMILES string of the molecule is CS(=O)(=O)N1CCC[C@H](C(=O)Nc2ccccc2C(F)(F)F)C1. The average molecular weight is 350 g/mol. The van der Waals surface area contributed by atoms with Crippen molar-refractivity contribution in [3.8, 4) is 0 Å². The highest BCUT2D eigenvalue weighted by atomic mass is 32.2. The van der Waals surface area contributed by atoms with E-state index in [1.807, 2.05) is 0 Å². The zero-order chi connectivity index (χ0) is 17.3. The number of nitrogens with one attached hydrogen (secondary N) is 1. The molecule has 0 aliphatic carbocycles. The molecule has 1 aromatic rings. The van der Waals surface area contributed by atoms with Crippen LogP contribution in [0.5, 0.6) is 0 Å². The molecule has 1 saturated heterocycles. The van der Waals surface area contributed by atoms with Crippen LogP contribution in [0.2, 0.25) is 0 Å². The normalized spacial score (nSPS) is 20.3. The summed E-state index contributed by atoms with van der Waals surface area (Å²) in [4.78, 5) is 12.2. The molecule has 1 aromatic carbocycles. The summed E-state index contributed by atoms with van der Waals surface area (Å²) >= 11 is 0. The lowest BCUT2D eigenvalue weighted by Crippen LogP contribution is -2.43. The molecule has 1 heterocycles. The minimum atomic E-state index is -4.57. The van der Waals surface area contributed by atoms with Crippen LogP contribution in [0.3, 0.4) is 0 Å². The van der Waals surface area contributed by atoms with Gasteiger partial charge in [-0.25, -0.2) is 12.7 Å². The van der Waals surface area contributed by atoms with E-state index in [9.17, 15) is 26.4 Å². The lowest BCUT2D eigenvalue weighted by atomic mass is 9.98. The molecule has 1 aliphatic rings. The Hall–Kier alpha value is -1.61. The van der Waals surface area contributed by atoms with Crippen molar-refractivity contribution in [1.82, 2.24) is 4.31 Å². The van der Waals surface area contributed by atoms with Gasteiger partial charge in [0.25, 0.3) is 0 Å². The molecule has 1 atom stereocenters. The Kier molecular flexibility index (Phi) is 5.00. The predicted molar refractivity (Wildman–Crippen MR) is 79.2 cm³/mol. The van der Waals surface area contributed by atoms with Gasteiger partial charge >= 0.3 is 6.18 Å². The fraction of sp³-hybridized carbons (Fsp3) is 0.500. The summed E-state index contributed by atoms with van der Waals surface area (Å²) in [5.74, 6) is -1.27. The first-order valence-corrected chi connectivity index (χ1v) is 8.86. The number of carbonyl (C=O) groups is 1. The first kappa shape index (κ1) is 17.7. The molecule has 1 fully saturated rings. The quantitative estimate of drug-likeness (QED) is 0.910. The largest absolute Gasteiger partial charge is 0.418 e. The molecule has 0 bridgehead atoms. The van der Waals surface area contributed by atoms with Gasteiger partial charge in [-0.05, 0) is 25.0 Å². The molecule has 0 unspecified atom stereocenters. The van der Waals surface area contributed by atoms with Crippen molar-refractivity contribution >= 4 is 21.6 Å². The average Bonchev–Trinajstić information content (AvgIpc) is 2.46. The third-order valence-electron chi connectivity index (χ3n) is 3.71. The molecule has 2 rings (SSSR count). The van der Waals surface area contributed by atoms with Crippen LogP contribution in [-0.4, -0.2) is 38.0 Å². The number of hydrogen-bond acceptors (Lipinski definition) is 3. The van der Waals surface area contributed by atoms with Gasteiger partial charge in [-0.3, -0.25) is 4.79 Å². The van der Waals surface area contributed by atoms with Crippen molar-refractivity contribution in [3.05, 3.63) is 29.8 Å². The van der Waals surface area contributed by atoms with Gasteiger partial charge in [-0.1, -0.05) is 12.1 Å². The number of benzene rings is 1. The summed E-state index contributed by atoms with van der Waals surface area (Å²) in [6.07, 6.45) is -2.60. The maximum Gasteiger partial charge on any atom is 0.418 e. The smallest absolute Gasteiger partial charge is 0.325 e. The van der Waals surface area contributed by atoms with Crippen molar-refractivity contribution in [3.63, 3.8) is 0 Å². The van der Waals surface area contributed by atoms with Crippen molar-refractivity contribution in [2.24, 2.45) is 5.92 Å². The summed E-state index contributed by atoms with van der Waals surface area (Å²) in [7, 11) is -3.42. The zero-order valence-corrected chi connectivity index (χ0v) is 13.2. The van der Waals surface area contributed by atoms with E-state index in [2.05, 4.69) is 5.32 Å². The minimum absolute atomic E-state index is 0.0150.